The zero-order chi connectivity index (χ0) is 23.5. The van der Waals surface area contributed by atoms with Gasteiger partial charge in [-0.05, 0) is 97.9 Å². The van der Waals surface area contributed by atoms with Gasteiger partial charge in [-0.25, -0.2) is 4.79 Å². The number of nitrogens with one attached hydrogen (secondary N) is 1. The summed E-state index contributed by atoms with van der Waals surface area (Å²) in [5.74, 6) is 1.68. The third-order valence-corrected chi connectivity index (χ3v) is 10.5. The molecule has 34 heavy (non-hydrogen) atoms. The van der Waals surface area contributed by atoms with Crippen LogP contribution in [-0.4, -0.2) is 65.4 Å². The molecule has 184 valence electrons. The molecule has 1 aromatic rings. The molecule has 4 bridgehead atoms. The van der Waals surface area contributed by atoms with E-state index >= 15 is 0 Å². The van der Waals surface area contributed by atoms with Gasteiger partial charge >= 0.3 is 12.2 Å². The molecule has 2 N–H and O–H groups in total. The third-order valence-electron chi connectivity index (χ3n) is 10.5. The molecule has 1 aromatic carbocycles. The second-order valence-electron chi connectivity index (χ2n) is 11.9. The molecule has 0 radical (unpaired) electrons. The van der Waals surface area contributed by atoms with Crippen LogP contribution in [0.25, 0.3) is 0 Å². The summed E-state index contributed by atoms with van der Waals surface area (Å²) in [5, 5.41) is 12.6. The number of halogens is 3. The SMILES string of the molecule is O=C(NCC(F)(F)F)N1C[C@H]2C[C@@]34CCC1C2[C@@]31CCN(CC2CC2)[C@@H]4Cc2ccc(O)cc21. The normalized spacial score (nSPS) is 40.1. The monoisotopic (exact) mass is 475 g/mol. The Labute approximate surface area is 197 Å². The first kappa shape index (κ1) is 21.3. The quantitative estimate of drug-likeness (QED) is 0.694. The number of aromatic hydroxyl groups is 1. The summed E-state index contributed by atoms with van der Waals surface area (Å²) in [6, 6.07) is 5.75. The van der Waals surface area contributed by atoms with Crippen molar-refractivity contribution in [3.8, 4) is 5.75 Å². The summed E-state index contributed by atoms with van der Waals surface area (Å²) in [7, 11) is 0. The van der Waals surface area contributed by atoms with Gasteiger partial charge in [-0.3, -0.25) is 4.90 Å². The first-order valence-corrected chi connectivity index (χ1v) is 12.9. The van der Waals surface area contributed by atoms with Crippen molar-refractivity contribution in [1.29, 1.82) is 0 Å². The predicted octanol–water partition coefficient (Wildman–Crippen LogP) is 4.04. The molecule has 4 aliphatic carbocycles. The zero-order valence-corrected chi connectivity index (χ0v) is 19.3. The number of rotatable bonds is 3. The number of hydrogen-bond acceptors (Lipinski definition) is 3. The lowest BCUT2D eigenvalue weighted by atomic mass is 9.43. The van der Waals surface area contributed by atoms with E-state index in [9.17, 15) is 23.1 Å². The zero-order valence-electron chi connectivity index (χ0n) is 19.3. The van der Waals surface area contributed by atoms with Gasteiger partial charge < -0.3 is 15.3 Å². The van der Waals surface area contributed by atoms with Crippen molar-refractivity contribution < 1.29 is 23.1 Å². The van der Waals surface area contributed by atoms with Crippen LogP contribution in [0.5, 0.6) is 5.75 Å². The number of phenolic OH excluding ortho intramolecular Hbond substituents is 1. The Hall–Kier alpha value is -1.96. The van der Waals surface area contributed by atoms with Crippen molar-refractivity contribution in [2.45, 2.75) is 68.6 Å². The number of amides is 2. The molecule has 5 nitrogen and oxygen atoms in total. The van der Waals surface area contributed by atoms with E-state index in [1.54, 1.807) is 11.0 Å². The maximum Gasteiger partial charge on any atom is 0.405 e. The molecule has 5 fully saturated rings. The van der Waals surface area contributed by atoms with E-state index in [-0.39, 0.29) is 22.8 Å². The lowest BCUT2D eigenvalue weighted by molar-refractivity contribution is -0.123. The minimum atomic E-state index is -4.41. The van der Waals surface area contributed by atoms with Gasteiger partial charge in [0.1, 0.15) is 12.3 Å². The number of hydrogen-bond donors (Lipinski definition) is 2. The molecule has 0 spiro atoms. The average molecular weight is 476 g/mol. The van der Waals surface area contributed by atoms with E-state index in [1.165, 1.54) is 30.5 Å². The minimum absolute atomic E-state index is 0.0298. The Morgan fingerprint density at radius 1 is 1.21 bits per heavy atom. The molecule has 6 atom stereocenters. The van der Waals surface area contributed by atoms with E-state index in [1.807, 2.05) is 6.07 Å². The van der Waals surface area contributed by atoms with Gasteiger partial charge in [-0.15, -0.1) is 0 Å². The van der Waals surface area contributed by atoms with Crippen LogP contribution in [0, 0.1) is 23.2 Å². The van der Waals surface area contributed by atoms with Crippen LogP contribution in [0.15, 0.2) is 18.2 Å². The molecule has 8 heteroatoms. The summed E-state index contributed by atoms with van der Waals surface area (Å²) in [5.41, 5.74) is 2.63. The van der Waals surface area contributed by atoms with Gasteiger partial charge in [0.05, 0.1) is 0 Å². The molecular weight excluding hydrogens is 443 g/mol. The number of piperidine rings is 1. The van der Waals surface area contributed by atoms with Crippen LogP contribution >= 0.6 is 0 Å². The van der Waals surface area contributed by atoms with Crippen LogP contribution in [0.2, 0.25) is 0 Å². The highest BCUT2D eigenvalue weighted by Crippen LogP contribution is 2.75. The van der Waals surface area contributed by atoms with Gasteiger partial charge in [0.2, 0.25) is 0 Å². The van der Waals surface area contributed by atoms with Crippen LogP contribution in [0.4, 0.5) is 18.0 Å². The fraction of sp³-hybridized carbons (Fsp3) is 0.731. The van der Waals surface area contributed by atoms with Crippen molar-refractivity contribution in [3.63, 3.8) is 0 Å². The van der Waals surface area contributed by atoms with Crippen molar-refractivity contribution in [2.75, 3.05) is 26.2 Å². The van der Waals surface area contributed by atoms with E-state index in [0.29, 0.717) is 24.3 Å². The number of likely N-dealkylation sites (tertiary alicyclic amines) is 2. The molecule has 2 amide bonds. The standard InChI is InChI=1S/C26H32F3N3O2/c27-26(28,29)14-30-23(34)32-13-17-11-24-6-5-20(32)22(17)25(24)7-8-31(12-15-1-2-15)21(24)9-16-3-4-18(33)10-19(16)25/h3-4,10,15,17,20-22,33H,1-2,5-9,11-14H2,(H,30,34)/t17-,20?,21-,22?,24-,25+/m1/s1. The Balaban J connectivity index is 1.29. The molecule has 2 unspecified atom stereocenters. The molecular formula is C26H32F3N3O2. The fourth-order valence-corrected chi connectivity index (χ4v) is 9.46. The fourth-order valence-electron chi connectivity index (χ4n) is 9.46. The number of phenols is 1. The van der Waals surface area contributed by atoms with Crippen molar-refractivity contribution in [3.05, 3.63) is 29.3 Å². The molecule has 3 saturated carbocycles. The van der Waals surface area contributed by atoms with E-state index < -0.39 is 18.8 Å². The third kappa shape index (κ3) is 2.75. The summed E-state index contributed by atoms with van der Waals surface area (Å²) in [6.45, 7) is 1.48. The maximum atomic E-state index is 12.9. The molecule has 6 aliphatic rings. The van der Waals surface area contributed by atoms with Gasteiger partial charge in [-0.2, -0.15) is 13.2 Å². The Bertz CT molecular complexity index is 1040. The number of carbonyl (C=O) groups excluding carboxylic acids is 1. The van der Waals surface area contributed by atoms with Crippen molar-refractivity contribution >= 4 is 6.03 Å². The molecule has 2 heterocycles. The Morgan fingerprint density at radius 3 is 2.79 bits per heavy atom. The number of carbonyl (C=O) groups is 1. The molecule has 2 saturated heterocycles. The first-order chi connectivity index (χ1) is 16.2. The average Bonchev–Trinajstić information content (AvgIpc) is 3.47. The van der Waals surface area contributed by atoms with Gasteiger partial charge in [-0.1, -0.05) is 6.07 Å². The topological polar surface area (TPSA) is 55.8 Å². The lowest BCUT2D eigenvalue weighted by Gasteiger charge is -2.66. The van der Waals surface area contributed by atoms with Gasteiger partial charge in [0, 0.05) is 30.6 Å². The highest BCUT2D eigenvalue weighted by atomic mass is 19.4. The highest BCUT2D eigenvalue weighted by Gasteiger charge is 2.76. The molecule has 7 rings (SSSR count). The largest absolute Gasteiger partial charge is 0.508 e. The molecule has 2 aliphatic heterocycles. The van der Waals surface area contributed by atoms with E-state index in [0.717, 1.165) is 44.6 Å². The second kappa shape index (κ2) is 6.83. The van der Waals surface area contributed by atoms with Gasteiger partial charge in [0.15, 0.2) is 0 Å². The van der Waals surface area contributed by atoms with Crippen molar-refractivity contribution in [2.24, 2.45) is 23.2 Å². The predicted molar refractivity (Wildman–Crippen MR) is 119 cm³/mol. The number of alkyl halides is 3. The second-order valence-corrected chi connectivity index (χ2v) is 11.9. The van der Waals surface area contributed by atoms with E-state index in [4.69, 9.17) is 0 Å². The van der Waals surface area contributed by atoms with E-state index in [2.05, 4.69) is 16.3 Å². The van der Waals surface area contributed by atoms with Crippen LogP contribution in [0.1, 0.15) is 49.7 Å². The Kier molecular flexibility index (Phi) is 4.29. The number of benzene rings is 1. The van der Waals surface area contributed by atoms with Crippen molar-refractivity contribution in [1.82, 2.24) is 15.1 Å². The van der Waals surface area contributed by atoms with Crippen LogP contribution in [0.3, 0.4) is 0 Å². The lowest BCUT2D eigenvalue weighted by Crippen LogP contribution is -2.70. The minimum Gasteiger partial charge on any atom is -0.508 e. The summed E-state index contributed by atoms with van der Waals surface area (Å²) in [4.78, 5) is 17.4. The first-order valence-electron chi connectivity index (χ1n) is 12.9. The summed E-state index contributed by atoms with van der Waals surface area (Å²) in [6.07, 6.45) is 3.21. The molecule has 0 aromatic heterocycles. The highest BCUT2D eigenvalue weighted by molar-refractivity contribution is 5.75. The summed E-state index contributed by atoms with van der Waals surface area (Å²) >= 11 is 0. The number of urea groups is 1. The Morgan fingerprint density at radius 2 is 2.03 bits per heavy atom. The number of fused-ring (bicyclic) bond motifs is 1. The maximum absolute atomic E-state index is 12.9. The van der Waals surface area contributed by atoms with Gasteiger partial charge in [0.25, 0.3) is 0 Å². The summed E-state index contributed by atoms with van der Waals surface area (Å²) < 4.78 is 38.3. The number of nitrogens with zero attached hydrogens (tertiary/aromatic N) is 2. The smallest absolute Gasteiger partial charge is 0.405 e. The van der Waals surface area contributed by atoms with Crippen LogP contribution < -0.4 is 5.32 Å². The van der Waals surface area contributed by atoms with Crippen LogP contribution in [-0.2, 0) is 11.8 Å².